The van der Waals surface area contributed by atoms with Gasteiger partial charge < -0.3 is 19.7 Å². The molecular formula is C14H23N3O2. The maximum absolute atomic E-state index is 5.43. The van der Waals surface area contributed by atoms with Gasteiger partial charge in [-0.3, -0.25) is 0 Å². The summed E-state index contributed by atoms with van der Waals surface area (Å²) in [5, 5.41) is 3.51. The van der Waals surface area contributed by atoms with Crippen LogP contribution in [0.4, 0.5) is 5.69 Å². The number of likely N-dealkylation sites (N-methyl/N-ethyl adjacent to an activating group) is 1. The third-order valence-corrected chi connectivity index (χ3v) is 3.53. The first-order valence-electron chi connectivity index (χ1n) is 6.73. The summed E-state index contributed by atoms with van der Waals surface area (Å²) in [4.78, 5) is 6.65. The van der Waals surface area contributed by atoms with Crippen molar-refractivity contribution in [2.75, 3.05) is 39.2 Å². The summed E-state index contributed by atoms with van der Waals surface area (Å²) in [6.45, 7) is 4.44. The molecule has 0 bridgehead atoms. The van der Waals surface area contributed by atoms with Crippen molar-refractivity contribution in [3.8, 4) is 5.88 Å². The summed E-state index contributed by atoms with van der Waals surface area (Å²) in [5.41, 5.74) is 1.05. The van der Waals surface area contributed by atoms with E-state index in [0.717, 1.165) is 12.2 Å². The summed E-state index contributed by atoms with van der Waals surface area (Å²) >= 11 is 0. The molecule has 0 spiro atoms. The Labute approximate surface area is 114 Å². The van der Waals surface area contributed by atoms with Crippen LogP contribution in [0.3, 0.4) is 0 Å². The molecule has 1 aliphatic rings. The van der Waals surface area contributed by atoms with Crippen molar-refractivity contribution in [2.24, 2.45) is 0 Å². The number of aromatic nitrogens is 1. The molecule has 1 saturated heterocycles. The lowest BCUT2D eigenvalue weighted by Crippen LogP contribution is -2.24. The number of nitrogens with zero attached hydrogens (tertiary/aromatic N) is 2. The molecule has 1 N–H and O–H groups in total. The molecule has 1 aromatic rings. The van der Waals surface area contributed by atoms with E-state index in [1.54, 1.807) is 7.11 Å². The number of anilines is 1. The van der Waals surface area contributed by atoms with Gasteiger partial charge in [-0.05, 0) is 26.5 Å². The van der Waals surface area contributed by atoms with Gasteiger partial charge >= 0.3 is 0 Å². The van der Waals surface area contributed by atoms with Crippen LogP contribution in [0.5, 0.6) is 5.88 Å². The van der Waals surface area contributed by atoms with Crippen molar-refractivity contribution in [2.45, 2.75) is 25.4 Å². The van der Waals surface area contributed by atoms with Crippen LogP contribution in [-0.2, 0) is 4.74 Å². The highest BCUT2D eigenvalue weighted by atomic mass is 16.5. The van der Waals surface area contributed by atoms with Gasteiger partial charge in [0.2, 0.25) is 5.88 Å². The van der Waals surface area contributed by atoms with Crippen LogP contribution in [0.25, 0.3) is 0 Å². The van der Waals surface area contributed by atoms with Gasteiger partial charge in [-0.25, -0.2) is 4.98 Å². The fourth-order valence-corrected chi connectivity index (χ4v) is 2.31. The fourth-order valence-electron chi connectivity index (χ4n) is 2.31. The summed E-state index contributed by atoms with van der Waals surface area (Å²) < 4.78 is 10.4. The van der Waals surface area contributed by atoms with Gasteiger partial charge in [-0.1, -0.05) is 0 Å². The molecule has 2 heterocycles. The molecule has 2 rings (SSSR count). The van der Waals surface area contributed by atoms with Crippen molar-refractivity contribution in [3.63, 3.8) is 0 Å². The lowest BCUT2D eigenvalue weighted by molar-refractivity contribution is 0.144. The largest absolute Gasteiger partial charge is 0.475 e. The number of likely N-dealkylation sites (tertiary alicyclic amines) is 1. The van der Waals surface area contributed by atoms with Gasteiger partial charge in [-0.15, -0.1) is 0 Å². The van der Waals surface area contributed by atoms with E-state index in [1.807, 2.05) is 18.3 Å². The third kappa shape index (κ3) is 4.08. The van der Waals surface area contributed by atoms with E-state index < -0.39 is 0 Å². The standard InChI is InChI=1S/C14H23N3O2/c1-11-8-13(10-17(11)2)16-12-4-5-14(15-9-12)19-7-6-18-3/h4-5,9,11,13,16H,6-8,10H2,1-3H3. The minimum absolute atomic E-state index is 0.502. The molecule has 0 aliphatic carbocycles. The number of rotatable bonds is 6. The molecule has 0 amide bonds. The Morgan fingerprint density at radius 3 is 2.84 bits per heavy atom. The van der Waals surface area contributed by atoms with Crippen molar-refractivity contribution >= 4 is 5.69 Å². The van der Waals surface area contributed by atoms with Crippen LogP contribution in [0.15, 0.2) is 18.3 Å². The summed E-state index contributed by atoms with van der Waals surface area (Å²) in [7, 11) is 3.82. The molecule has 1 aromatic heterocycles. The molecule has 0 saturated carbocycles. The zero-order valence-corrected chi connectivity index (χ0v) is 11.9. The molecule has 106 valence electrons. The second-order valence-corrected chi connectivity index (χ2v) is 5.09. The summed E-state index contributed by atoms with van der Waals surface area (Å²) in [5.74, 6) is 0.638. The molecule has 19 heavy (non-hydrogen) atoms. The molecule has 1 aliphatic heterocycles. The van der Waals surface area contributed by atoms with E-state index in [4.69, 9.17) is 9.47 Å². The number of nitrogens with one attached hydrogen (secondary N) is 1. The van der Waals surface area contributed by atoms with Crippen LogP contribution >= 0.6 is 0 Å². The Balaban J connectivity index is 1.82. The predicted octanol–water partition coefficient (Wildman–Crippen LogP) is 1.61. The average Bonchev–Trinajstić information content (AvgIpc) is 2.71. The van der Waals surface area contributed by atoms with E-state index in [2.05, 4.69) is 29.2 Å². The smallest absolute Gasteiger partial charge is 0.213 e. The Bertz CT molecular complexity index is 373. The fraction of sp³-hybridized carbons (Fsp3) is 0.643. The van der Waals surface area contributed by atoms with E-state index in [1.165, 1.54) is 6.42 Å². The van der Waals surface area contributed by atoms with Crippen LogP contribution < -0.4 is 10.1 Å². The normalized spacial score (nSPS) is 23.5. The molecule has 1 fully saturated rings. The second-order valence-electron chi connectivity index (χ2n) is 5.09. The van der Waals surface area contributed by atoms with Crippen LogP contribution in [0.1, 0.15) is 13.3 Å². The van der Waals surface area contributed by atoms with E-state index in [9.17, 15) is 0 Å². The Morgan fingerprint density at radius 2 is 2.26 bits per heavy atom. The second kappa shape index (κ2) is 6.73. The lowest BCUT2D eigenvalue weighted by atomic mass is 10.2. The van der Waals surface area contributed by atoms with E-state index in [0.29, 0.717) is 31.2 Å². The quantitative estimate of drug-likeness (QED) is 0.792. The van der Waals surface area contributed by atoms with Gasteiger partial charge in [0, 0.05) is 31.8 Å². The Morgan fingerprint density at radius 1 is 1.42 bits per heavy atom. The summed E-state index contributed by atoms with van der Waals surface area (Å²) in [6, 6.07) is 5.04. The molecule has 5 heteroatoms. The number of pyridine rings is 1. The van der Waals surface area contributed by atoms with Crippen LogP contribution in [0, 0.1) is 0 Å². The number of hydrogen-bond acceptors (Lipinski definition) is 5. The van der Waals surface area contributed by atoms with E-state index >= 15 is 0 Å². The maximum Gasteiger partial charge on any atom is 0.213 e. The minimum Gasteiger partial charge on any atom is -0.475 e. The zero-order valence-electron chi connectivity index (χ0n) is 11.9. The van der Waals surface area contributed by atoms with E-state index in [-0.39, 0.29) is 0 Å². The molecule has 2 atom stereocenters. The van der Waals surface area contributed by atoms with Gasteiger partial charge in [0.15, 0.2) is 0 Å². The highest BCUT2D eigenvalue weighted by Crippen LogP contribution is 2.20. The maximum atomic E-state index is 5.43. The Kier molecular flexibility index (Phi) is 4.99. The molecular weight excluding hydrogens is 242 g/mol. The Hall–Kier alpha value is -1.33. The first-order chi connectivity index (χ1) is 9.19. The molecule has 0 aromatic carbocycles. The lowest BCUT2D eigenvalue weighted by Gasteiger charge is -2.14. The molecule has 0 radical (unpaired) electrons. The number of hydrogen-bond donors (Lipinski definition) is 1. The van der Waals surface area contributed by atoms with Crippen molar-refractivity contribution < 1.29 is 9.47 Å². The third-order valence-electron chi connectivity index (χ3n) is 3.53. The number of methoxy groups -OCH3 is 1. The monoisotopic (exact) mass is 265 g/mol. The highest BCUT2D eigenvalue weighted by Gasteiger charge is 2.25. The predicted molar refractivity (Wildman–Crippen MR) is 75.7 cm³/mol. The van der Waals surface area contributed by atoms with Crippen molar-refractivity contribution in [1.82, 2.24) is 9.88 Å². The average molecular weight is 265 g/mol. The van der Waals surface area contributed by atoms with Crippen LogP contribution in [-0.4, -0.2) is 55.9 Å². The number of ether oxygens (including phenoxy) is 2. The topological polar surface area (TPSA) is 46.6 Å². The first-order valence-corrected chi connectivity index (χ1v) is 6.73. The minimum atomic E-state index is 0.502. The highest BCUT2D eigenvalue weighted by molar-refractivity contribution is 5.43. The summed E-state index contributed by atoms with van der Waals surface area (Å²) in [6.07, 6.45) is 2.99. The van der Waals surface area contributed by atoms with Crippen molar-refractivity contribution in [3.05, 3.63) is 18.3 Å². The zero-order chi connectivity index (χ0) is 13.7. The first kappa shape index (κ1) is 14.1. The van der Waals surface area contributed by atoms with Gasteiger partial charge in [0.25, 0.3) is 0 Å². The van der Waals surface area contributed by atoms with Gasteiger partial charge in [0.05, 0.1) is 18.5 Å². The SMILES string of the molecule is COCCOc1ccc(NC2CC(C)N(C)C2)cn1. The molecule has 2 unspecified atom stereocenters. The van der Waals surface area contributed by atoms with Gasteiger partial charge in [0.1, 0.15) is 6.61 Å². The molecule has 5 nitrogen and oxygen atoms in total. The van der Waals surface area contributed by atoms with Gasteiger partial charge in [-0.2, -0.15) is 0 Å². The van der Waals surface area contributed by atoms with Crippen LogP contribution in [0.2, 0.25) is 0 Å². The van der Waals surface area contributed by atoms with Crippen molar-refractivity contribution in [1.29, 1.82) is 0 Å².